The highest BCUT2D eigenvalue weighted by molar-refractivity contribution is 6.05. The van der Waals surface area contributed by atoms with E-state index in [-0.39, 0.29) is 0 Å². The lowest BCUT2D eigenvalue weighted by Gasteiger charge is -2.07. The van der Waals surface area contributed by atoms with Gasteiger partial charge in [0.1, 0.15) is 29.3 Å². The van der Waals surface area contributed by atoms with Gasteiger partial charge in [0, 0.05) is 10.8 Å². The van der Waals surface area contributed by atoms with Crippen LogP contribution in [0.2, 0.25) is 0 Å². The quantitative estimate of drug-likeness (QED) is 0.256. The Morgan fingerprint density at radius 1 is 0.700 bits per heavy atom. The molecular formula is C26H18O4. The average Bonchev–Trinajstić information content (AvgIpc) is 3.17. The highest BCUT2D eigenvalue weighted by atomic mass is 16.5. The van der Waals surface area contributed by atoms with E-state index in [9.17, 15) is 4.79 Å². The van der Waals surface area contributed by atoms with Crippen LogP contribution < -0.4 is 9.47 Å². The van der Waals surface area contributed by atoms with Gasteiger partial charge in [-0.05, 0) is 54.1 Å². The monoisotopic (exact) mass is 394 g/mol. The van der Waals surface area contributed by atoms with Gasteiger partial charge in [0.25, 0.3) is 0 Å². The molecule has 0 aliphatic rings. The number of hydrogen-bond acceptors (Lipinski definition) is 4. The van der Waals surface area contributed by atoms with Crippen molar-refractivity contribution in [3.8, 4) is 11.5 Å². The predicted molar refractivity (Wildman–Crippen MR) is 116 cm³/mol. The normalized spacial score (nSPS) is 10.9. The third-order valence-corrected chi connectivity index (χ3v) is 4.90. The Bertz CT molecular complexity index is 1320. The van der Waals surface area contributed by atoms with Crippen molar-refractivity contribution in [2.75, 3.05) is 0 Å². The fourth-order valence-electron chi connectivity index (χ4n) is 3.36. The Balaban J connectivity index is 1.29. The van der Waals surface area contributed by atoms with Crippen molar-refractivity contribution in [1.82, 2.24) is 0 Å². The van der Waals surface area contributed by atoms with Crippen LogP contribution in [0.25, 0.3) is 21.9 Å². The van der Waals surface area contributed by atoms with Crippen LogP contribution in [0.1, 0.15) is 15.9 Å². The van der Waals surface area contributed by atoms with E-state index in [0.29, 0.717) is 17.9 Å². The maximum absolute atomic E-state index is 12.6. The van der Waals surface area contributed by atoms with E-state index < -0.39 is 5.97 Å². The van der Waals surface area contributed by atoms with E-state index in [1.165, 1.54) is 0 Å². The molecule has 5 rings (SSSR count). The van der Waals surface area contributed by atoms with Crippen molar-refractivity contribution in [2.24, 2.45) is 0 Å². The molecule has 0 saturated carbocycles. The minimum absolute atomic E-state index is 0.405. The van der Waals surface area contributed by atoms with E-state index >= 15 is 0 Å². The first kappa shape index (κ1) is 18.0. The lowest BCUT2D eigenvalue weighted by atomic mass is 10.1. The minimum Gasteiger partial charge on any atom is -0.489 e. The molecule has 0 radical (unpaired) electrons. The van der Waals surface area contributed by atoms with Gasteiger partial charge >= 0.3 is 5.97 Å². The SMILES string of the molecule is O=C(Oc1ccc2oc3ccccc3c2c1)c1ccc(COc2ccccc2)cc1. The van der Waals surface area contributed by atoms with Crippen LogP contribution in [0.3, 0.4) is 0 Å². The molecule has 30 heavy (non-hydrogen) atoms. The smallest absolute Gasteiger partial charge is 0.343 e. The van der Waals surface area contributed by atoms with Crippen LogP contribution in [-0.2, 0) is 6.61 Å². The first-order chi connectivity index (χ1) is 14.8. The molecule has 0 N–H and O–H groups in total. The van der Waals surface area contributed by atoms with E-state index in [4.69, 9.17) is 13.9 Å². The molecule has 0 aliphatic carbocycles. The van der Waals surface area contributed by atoms with Crippen molar-refractivity contribution in [3.63, 3.8) is 0 Å². The molecule has 0 atom stereocenters. The number of benzene rings is 4. The van der Waals surface area contributed by atoms with Crippen LogP contribution in [0.5, 0.6) is 11.5 Å². The molecule has 0 aliphatic heterocycles. The Hall–Kier alpha value is -4.05. The maximum atomic E-state index is 12.6. The summed E-state index contributed by atoms with van der Waals surface area (Å²) in [5.41, 5.74) is 3.03. The molecule has 0 spiro atoms. The fraction of sp³-hybridized carbons (Fsp3) is 0.0385. The van der Waals surface area contributed by atoms with Gasteiger partial charge in [-0.3, -0.25) is 0 Å². The molecule has 4 nitrogen and oxygen atoms in total. The standard InChI is InChI=1S/C26H18O4/c27-26(19-12-10-18(11-13-19)17-28-20-6-2-1-3-7-20)29-21-14-15-25-23(16-21)22-8-4-5-9-24(22)30-25/h1-16H,17H2. The zero-order chi connectivity index (χ0) is 20.3. The molecule has 0 unspecified atom stereocenters. The third-order valence-electron chi connectivity index (χ3n) is 4.90. The summed E-state index contributed by atoms with van der Waals surface area (Å²) in [5, 5.41) is 1.91. The van der Waals surface area contributed by atoms with E-state index in [0.717, 1.165) is 33.3 Å². The number of esters is 1. The van der Waals surface area contributed by atoms with Crippen LogP contribution in [-0.4, -0.2) is 5.97 Å². The Kier molecular flexibility index (Phi) is 4.66. The molecule has 4 heteroatoms. The number of rotatable bonds is 5. The summed E-state index contributed by atoms with van der Waals surface area (Å²) in [6, 6.07) is 30.0. The molecular weight excluding hydrogens is 376 g/mol. The second kappa shape index (κ2) is 7.76. The topological polar surface area (TPSA) is 48.7 Å². The molecule has 1 heterocycles. The predicted octanol–water partition coefficient (Wildman–Crippen LogP) is 6.38. The average molecular weight is 394 g/mol. The molecule has 4 aromatic carbocycles. The first-order valence-corrected chi connectivity index (χ1v) is 9.66. The molecule has 0 saturated heterocycles. The van der Waals surface area contributed by atoms with Gasteiger partial charge in [0.2, 0.25) is 0 Å². The minimum atomic E-state index is -0.405. The Morgan fingerprint density at radius 3 is 2.27 bits per heavy atom. The van der Waals surface area contributed by atoms with Crippen molar-refractivity contribution in [3.05, 3.63) is 108 Å². The second-order valence-electron chi connectivity index (χ2n) is 6.94. The molecule has 5 aromatic rings. The summed E-state index contributed by atoms with van der Waals surface area (Å²) in [6.07, 6.45) is 0. The number of ether oxygens (including phenoxy) is 2. The summed E-state index contributed by atoms with van der Waals surface area (Å²) >= 11 is 0. The highest BCUT2D eigenvalue weighted by Crippen LogP contribution is 2.31. The van der Waals surface area contributed by atoms with Crippen molar-refractivity contribution in [1.29, 1.82) is 0 Å². The van der Waals surface area contributed by atoms with Gasteiger partial charge in [-0.25, -0.2) is 4.79 Å². The Labute approximate surface area is 173 Å². The number of carbonyl (C=O) groups excluding carboxylic acids is 1. The number of para-hydroxylation sites is 2. The van der Waals surface area contributed by atoms with Gasteiger partial charge in [-0.15, -0.1) is 0 Å². The summed E-state index contributed by atoms with van der Waals surface area (Å²) in [7, 11) is 0. The van der Waals surface area contributed by atoms with Gasteiger partial charge < -0.3 is 13.9 Å². The number of hydrogen-bond donors (Lipinski definition) is 0. The number of furan rings is 1. The number of fused-ring (bicyclic) bond motifs is 3. The van der Waals surface area contributed by atoms with Gasteiger partial charge in [-0.1, -0.05) is 48.5 Å². The van der Waals surface area contributed by atoms with Crippen molar-refractivity contribution >= 4 is 27.9 Å². The zero-order valence-electron chi connectivity index (χ0n) is 16.1. The van der Waals surface area contributed by atoms with Crippen molar-refractivity contribution < 1.29 is 18.7 Å². The summed E-state index contributed by atoms with van der Waals surface area (Å²) in [6.45, 7) is 0.434. The van der Waals surface area contributed by atoms with Crippen LogP contribution >= 0.6 is 0 Å². The van der Waals surface area contributed by atoms with Crippen molar-refractivity contribution in [2.45, 2.75) is 6.61 Å². The van der Waals surface area contributed by atoms with Crippen LogP contribution in [0.15, 0.2) is 101 Å². The first-order valence-electron chi connectivity index (χ1n) is 9.66. The van der Waals surface area contributed by atoms with Gasteiger partial charge in [-0.2, -0.15) is 0 Å². The number of carbonyl (C=O) groups is 1. The molecule has 0 bridgehead atoms. The fourth-order valence-corrected chi connectivity index (χ4v) is 3.36. The summed E-state index contributed by atoms with van der Waals surface area (Å²) in [5.74, 6) is 0.886. The molecule has 1 aromatic heterocycles. The van der Waals surface area contributed by atoms with E-state index in [2.05, 4.69) is 0 Å². The largest absolute Gasteiger partial charge is 0.489 e. The zero-order valence-corrected chi connectivity index (χ0v) is 16.1. The maximum Gasteiger partial charge on any atom is 0.343 e. The van der Waals surface area contributed by atoms with Crippen LogP contribution in [0, 0.1) is 0 Å². The summed E-state index contributed by atoms with van der Waals surface area (Å²) < 4.78 is 17.1. The summed E-state index contributed by atoms with van der Waals surface area (Å²) in [4.78, 5) is 12.6. The van der Waals surface area contributed by atoms with E-state index in [1.807, 2.05) is 78.9 Å². The lowest BCUT2D eigenvalue weighted by Crippen LogP contribution is -2.08. The second-order valence-corrected chi connectivity index (χ2v) is 6.94. The molecule has 0 amide bonds. The highest BCUT2D eigenvalue weighted by Gasteiger charge is 2.12. The molecule has 146 valence electrons. The van der Waals surface area contributed by atoms with Gasteiger partial charge in [0.15, 0.2) is 0 Å². The molecule has 0 fully saturated rings. The van der Waals surface area contributed by atoms with Gasteiger partial charge in [0.05, 0.1) is 5.56 Å². The Morgan fingerprint density at radius 2 is 1.43 bits per heavy atom. The van der Waals surface area contributed by atoms with E-state index in [1.54, 1.807) is 18.2 Å². The third kappa shape index (κ3) is 3.63. The lowest BCUT2D eigenvalue weighted by molar-refractivity contribution is 0.0735. The van der Waals surface area contributed by atoms with Crippen LogP contribution in [0.4, 0.5) is 0 Å².